The molecule has 21 heavy (non-hydrogen) atoms. The molecule has 3 rings (SSSR count). The van der Waals surface area contributed by atoms with Crippen LogP contribution in [-0.2, 0) is 13.6 Å². The Morgan fingerprint density at radius 3 is 2.67 bits per heavy atom. The molecule has 106 valence electrons. The first-order valence-corrected chi connectivity index (χ1v) is 6.71. The van der Waals surface area contributed by atoms with Crippen LogP contribution in [0.15, 0.2) is 54.7 Å². The molecule has 0 radical (unpaired) electrons. The van der Waals surface area contributed by atoms with Crippen molar-refractivity contribution in [3.8, 4) is 0 Å². The van der Waals surface area contributed by atoms with Crippen LogP contribution < -0.4 is 5.32 Å². The van der Waals surface area contributed by atoms with Gasteiger partial charge in [-0.3, -0.25) is 4.79 Å². The van der Waals surface area contributed by atoms with E-state index in [9.17, 15) is 9.18 Å². The molecule has 0 bridgehead atoms. The summed E-state index contributed by atoms with van der Waals surface area (Å²) in [6.07, 6.45) is 1.96. The lowest BCUT2D eigenvalue weighted by atomic mass is 10.1. The van der Waals surface area contributed by atoms with Crippen molar-refractivity contribution in [1.82, 2.24) is 9.88 Å². The van der Waals surface area contributed by atoms with Gasteiger partial charge < -0.3 is 9.88 Å². The lowest BCUT2D eigenvalue weighted by molar-refractivity contribution is 0.0951. The van der Waals surface area contributed by atoms with E-state index in [1.165, 1.54) is 12.1 Å². The van der Waals surface area contributed by atoms with Crippen LogP contribution in [0.3, 0.4) is 0 Å². The second-order valence-corrected chi connectivity index (χ2v) is 5.01. The molecule has 1 heterocycles. The first-order valence-electron chi connectivity index (χ1n) is 6.71. The summed E-state index contributed by atoms with van der Waals surface area (Å²) in [5, 5.41) is 3.94. The highest BCUT2D eigenvalue weighted by Gasteiger charge is 2.07. The number of aryl methyl sites for hydroxylation is 1. The number of hydrogen-bond acceptors (Lipinski definition) is 1. The Balaban J connectivity index is 1.74. The van der Waals surface area contributed by atoms with Crippen LogP contribution in [0.5, 0.6) is 0 Å². The fraction of sp³-hybridized carbons (Fsp3) is 0.118. The molecule has 0 unspecified atom stereocenters. The van der Waals surface area contributed by atoms with Crippen LogP contribution in [0.4, 0.5) is 4.39 Å². The third kappa shape index (κ3) is 2.79. The van der Waals surface area contributed by atoms with E-state index in [0.29, 0.717) is 12.1 Å². The Morgan fingerprint density at radius 1 is 1.14 bits per heavy atom. The van der Waals surface area contributed by atoms with E-state index in [1.54, 1.807) is 12.1 Å². The van der Waals surface area contributed by atoms with Crippen molar-refractivity contribution in [2.75, 3.05) is 0 Å². The quantitative estimate of drug-likeness (QED) is 0.786. The normalized spacial score (nSPS) is 10.8. The summed E-state index contributed by atoms with van der Waals surface area (Å²) in [5.74, 6) is -0.415. The van der Waals surface area contributed by atoms with Crippen molar-refractivity contribution in [3.63, 3.8) is 0 Å². The molecule has 0 saturated heterocycles. The number of carbonyl (C=O) groups is 1. The van der Waals surface area contributed by atoms with Gasteiger partial charge in [0.1, 0.15) is 5.82 Å². The fourth-order valence-electron chi connectivity index (χ4n) is 2.29. The third-order valence-corrected chi connectivity index (χ3v) is 3.52. The zero-order valence-electron chi connectivity index (χ0n) is 11.6. The summed E-state index contributed by atoms with van der Waals surface area (Å²) >= 11 is 0. The van der Waals surface area contributed by atoms with Gasteiger partial charge in [-0.25, -0.2) is 4.39 Å². The van der Waals surface area contributed by atoms with Crippen LogP contribution in [0, 0.1) is 5.82 Å². The third-order valence-electron chi connectivity index (χ3n) is 3.52. The van der Waals surface area contributed by atoms with Crippen molar-refractivity contribution in [2.24, 2.45) is 7.05 Å². The van der Waals surface area contributed by atoms with Gasteiger partial charge in [-0.2, -0.15) is 0 Å². The highest BCUT2D eigenvalue weighted by atomic mass is 19.1. The molecule has 0 saturated carbocycles. The monoisotopic (exact) mass is 282 g/mol. The van der Waals surface area contributed by atoms with Crippen molar-refractivity contribution >= 4 is 16.8 Å². The van der Waals surface area contributed by atoms with Crippen LogP contribution in [0.2, 0.25) is 0 Å². The molecule has 0 aliphatic rings. The number of nitrogens with one attached hydrogen (secondary N) is 1. The highest BCUT2D eigenvalue weighted by Crippen LogP contribution is 2.16. The number of halogens is 1. The number of rotatable bonds is 3. The molecule has 1 amide bonds. The molecule has 3 nitrogen and oxygen atoms in total. The molecule has 0 spiro atoms. The standard InChI is InChI=1S/C17H15FN2O/c1-20-9-8-13-4-5-14(10-16(13)20)17(21)19-11-12-2-6-15(18)7-3-12/h2-10H,11H2,1H3,(H,19,21). The van der Waals surface area contributed by atoms with Gasteiger partial charge in [0.2, 0.25) is 0 Å². The Bertz CT molecular complexity index is 790. The smallest absolute Gasteiger partial charge is 0.251 e. The zero-order valence-corrected chi connectivity index (χ0v) is 11.6. The van der Waals surface area contributed by atoms with Gasteiger partial charge in [0.15, 0.2) is 0 Å². The van der Waals surface area contributed by atoms with Crippen molar-refractivity contribution < 1.29 is 9.18 Å². The summed E-state index contributed by atoms with van der Waals surface area (Å²) in [6.45, 7) is 0.379. The second kappa shape index (κ2) is 5.40. The Kier molecular flexibility index (Phi) is 3.44. The van der Waals surface area contributed by atoms with E-state index in [-0.39, 0.29) is 11.7 Å². The molecule has 0 aliphatic heterocycles. The number of hydrogen-bond donors (Lipinski definition) is 1. The minimum absolute atomic E-state index is 0.137. The summed E-state index contributed by atoms with van der Waals surface area (Å²) in [5.41, 5.74) is 2.50. The molecule has 0 fully saturated rings. The van der Waals surface area contributed by atoms with Crippen LogP contribution in [0.25, 0.3) is 10.9 Å². The molecule has 0 atom stereocenters. The maximum Gasteiger partial charge on any atom is 0.251 e. The SMILES string of the molecule is Cn1ccc2ccc(C(=O)NCc3ccc(F)cc3)cc21. The van der Waals surface area contributed by atoms with E-state index in [0.717, 1.165) is 16.5 Å². The van der Waals surface area contributed by atoms with Gasteiger partial charge in [0.05, 0.1) is 0 Å². The van der Waals surface area contributed by atoms with Crippen molar-refractivity contribution in [3.05, 3.63) is 71.7 Å². The average molecular weight is 282 g/mol. The Labute approximate surface area is 122 Å². The molecular formula is C17H15FN2O. The second-order valence-electron chi connectivity index (χ2n) is 5.01. The maximum absolute atomic E-state index is 12.8. The van der Waals surface area contributed by atoms with Crippen LogP contribution in [0.1, 0.15) is 15.9 Å². The lowest BCUT2D eigenvalue weighted by Crippen LogP contribution is -2.22. The van der Waals surface area contributed by atoms with Gasteiger partial charge in [-0.05, 0) is 41.3 Å². The van der Waals surface area contributed by atoms with E-state index < -0.39 is 0 Å². The number of benzene rings is 2. The number of aromatic nitrogens is 1. The molecule has 1 aromatic heterocycles. The van der Waals surface area contributed by atoms with Gasteiger partial charge in [-0.15, -0.1) is 0 Å². The van der Waals surface area contributed by atoms with Gasteiger partial charge >= 0.3 is 0 Å². The van der Waals surface area contributed by atoms with E-state index in [2.05, 4.69) is 5.32 Å². The Hall–Kier alpha value is -2.62. The largest absolute Gasteiger partial charge is 0.351 e. The minimum atomic E-state index is -0.278. The first kappa shape index (κ1) is 13.4. The topological polar surface area (TPSA) is 34.0 Å². The number of amides is 1. The number of fused-ring (bicyclic) bond motifs is 1. The van der Waals surface area contributed by atoms with Crippen LogP contribution in [-0.4, -0.2) is 10.5 Å². The molecule has 2 aromatic carbocycles. The summed E-state index contributed by atoms with van der Waals surface area (Å²) in [7, 11) is 1.95. The fourth-order valence-corrected chi connectivity index (χ4v) is 2.29. The van der Waals surface area contributed by atoms with Gasteiger partial charge in [0.25, 0.3) is 5.91 Å². The lowest BCUT2D eigenvalue weighted by Gasteiger charge is -2.06. The molecule has 1 N–H and O–H groups in total. The minimum Gasteiger partial charge on any atom is -0.351 e. The molecule has 4 heteroatoms. The highest BCUT2D eigenvalue weighted by molar-refractivity contribution is 5.98. The van der Waals surface area contributed by atoms with Gasteiger partial charge in [0, 0.05) is 30.9 Å². The summed E-state index contributed by atoms with van der Waals surface area (Å²) in [6, 6.07) is 13.7. The van der Waals surface area contributed by atoms with Gasteiger partial charge in [-0.1, -0.05) is 18.2 Å². The predicted octanol–water partition coefficient (Wildman–Crippen LogP) is 3.25. The molecule has 0 aliphatic carbocycles. The van der Waals surface area contributed by atoms with Crippen LogP contribution >= 0.6 is 0 Å². The van der Waals surface area contributed by atoms with Crippen molar-refractivity contribution in [1.29, 1.82) is 0 Å². The average Bonchev–Trinajstić information content (AvgIpc) is 2.87. The predicted molar refractivity (Wildman–Crippen MR) is 80.5 cm³/mol. The van der Waals surface area contributed by atoms with E-state index >= 15 is 0 Å². The molecular weight excluding hydrogens is 267 g/mol. The summed E-state index contributed by atoms with van der Waals surface area (Å²) in [4.78, 5) is 12.2. The van der Waals surface area contributed by atoms with E-state index in [4.69, 9.17) is 0 Å². The summed E-state index contributed by atoms with van der Waals surface area (Å²) < 4.78 is 14.8. The zero-order chi connectivity index (χ0) is 14.8. The number of nitrogens with zero attached hydrogens (tertiary/aromatic N) is 1. The van der Waals surface area contributed by atoms with E-state index in [1.807, 2.05) is 42.1 Å². The maximum atomic E-state index is 12.8. The number of carbonyl (C=O) groups excluding carboxylic acids is 1. The van der Waals surface area contributed by atoms with Crippen molar-refractivity contribution in [2.45, 2.75) is 6.54 Å². The molecule has 3 aromatic rings. The first-order chi connectivity index (χ1) is 10.1. The Morgan fingerprint density at radius 2 is 1.90 bits per heavy atom.